The first-order valence-corrected chi connectivity index (χ1v) is 11.1. The Balaban J connectivity index is 2.19. The van der Waals surface area contributed by atoms with E-state index in [4.69, 9.17) is 0 Å². The Morgan fingerprint density at radius 2 is 1.86 bits per heavy atom. The molecule has 154 valence electrons. The summed E-state index contributed by atoms with van der Waals surface area (Å²) in [5.41, 5.74) is 1.21. The molecule has 0 aliphatic rings. The van der Waals surface area contributed by atoms with Crippen LogP contribution in [-0.4, -0.2) is 41.5 Å². The third kappa shape index (κ3) is 4.99. The molecule has 0 unspecified atom stereocenters. The minimum Gasteiger partial charge on any atom is -0.307 e. The molecule has 0 saturated heterocycles. The molecule has 1 amide bonds. The first-order chi connectivity index (χ1) is 13.2. The molecule has 0 bridgehead atoms. The average molecular weight is 407 g/mol. The molecule has 0 saturated carbocycles. The van der Waals surface area contributed by atoms with Gasteiger partial charge < -0.3 is 5.32 Å². The zero-order valence-corrected chi connectivity index (χ0v) is 18.1. The van der Waals surface area contributed by atoms with E-state index in [1.54, 1.807) is 16.8 Å². The molecule has 7 nitrogen and oxygen atoms in total. The molecule has 1 heterocycles. The fourth-order valence-corrected chi connectivity index (χ4v) is 4.39. The molecule has 0 spiro atoms. The van der Waals surface area contributed by atoms with Gasteiger partial charge in [0.05, 0.1) is 10.6 Å². The summed E-state index contributed by atoms with van der Waals surface area (Å²) in [7, 11) is -3.55. The highest BCUT2D eigenvalue weighted by Gasteiger charge is 2.23. The predicted octanol–water partition coefficient (Wildman–Crippen LogP) is 3.84. The van der Waals surface area contributed by atoms with Gasteiger partial charge in [-0.1, -0.05) is 20.3 Å². The largest absolute Gasteiger partial charge is 0.307 e. The van der Waals surface area contributed by atoms with Gasteiger partial charge >= 0.3 is 0 Å². The van der Waals surface area contributed by atoms with Crippen molar-refractivity contribution in [3.05, 3.63) is 41.6 Å². The Kier molecular flexibility index (Phi) is 7.37. The van der Waals surface area contributed by atoms with Crippen LogP contribution in [0.15, 0.2) is 35.2 Å². The van der Waals surface area contributed by atoms with Crippen LogP contribution < -0.4 is 5.32 Å². The monoisotopic (exact) mass is 406 g/mol. The van der Waals surface area contributed by atoms with Crippen LogP contribution in [0, 0.1) is 6.92 Å². The summed E-state index contributed by atoms with van der Waals surface area (Å²) in [4.78, 5) is 12.8. The zero-order chi connectivity index (χ0) is 20.9. The fourth-order valence-electron chi connectivity index (χ4n) is 2.90. The normalized spacial score (nSPS) is 12.0. The number of hydrogen-bond donors (Lipinski definition) is 1. The van der Waals surface area contributed by atoms with Crippen molar-refractivity contribution in [1.82, 2.24) is 14.1 Å². The molecule has 2 rings (SSSR count). The molecule has 1 aromatic heterocycles. The number of aryl methyl sites for hydroxylation is 1. The van der Waals surface area contributed by atoms with Gasteiger partial charge in [-0.05, 0) is 51.5 Å². The van der Waals surface area contributed by atoms with Crippen LogP contribution in [-0.2, 0) is 10.0 Å². The van der Waals surface area contributed by atoms with Gasteiger partial charge in [0.25, 0.3) is 5.91 Å². The third-order valence-electron chi connectivity index (χ3n) is 4.46. The number of hydrogen-bond acceptors (Lipinski definition) is 4. The van der Waals surface area contributed by atoms with Crippen molar-refractivity contribution in [3.8, 4) is 0 Å². The highest BCUT2D eigenvalue weighted by atomic mass is 32.2. The molecule has 0 aliphatic carbocycles. The topological polar surface area (TPSA) is 84.3 Å². The number of nitrogens with zero attached hydrogens (tertiary/aromatic N) is 3. The summed E-state index contributed by atoms with van der Waals surface area (Å²) >= 11 is 0. The molecule has 2 aromatic rings. The lowest BCUT2D eigenvalue weighted by atomic mass is 10.2. The highest BCUT2D eigenvalue weighted by Crippen LogP contribution is 2.19. The maximum atomic E-state index is 12.8. The molecule has 0 radical (unpaired) electrons. The number of unbranched alkanes of at least 4 members (excludes halogenated alkanes) is 1. The van der Waals surface area contributed by atoms with Crippen molar-refractivity contribution < 1.29 is 13.2 Å². The lowest BCUT2D eigenvalue weighted by Gasteiger charge is -2.20. The number of carbonyl (C=O) groups excluding carboxylic acids is 1. The maximum absolute atomic E-state index is 12.8. The number of carbonyl (C=O) groups is 1. The van der Waals surface area contributed by atoms with Crippen molar-refractivity contribution in [2.75, 3.05) is 18.4 Å². The van der Waals surface area contributed by atoms with Gasteiger partial charge in [0.1, 0.15) is 5.82 Å². The lowest BCUT2D eigenvalue weighted by molar-refractivity contribution is 0.102. The minimum atomic E-state index is -3.55. The van der Waals surface area contributed by atoms with Gasteiger partial charge in [0, 0.05) is 30.8 Å². The van der Waals surface area contributed by atoms with E-state index in [0.29, 0.717) is 24.5 Å². The van der Waals surface area contributed by atoms with Crippen LogP contribution in [0.3, 0.4) is 0 Å². The van der Waals surface area contributed by atoms with E-state index in [9.17, 15) is 13.2 Å². The first kappa shape index (κ1) is 22.1. The van der Waals surface area contributed by atoms with Gasteiger partial charge in [0.2, 0.25) is 10.0 Å². The third-order valence-corrected chi connectivity index (χ3v) is 6.45. The molecule has 0 atom stereocenters. The molecule has 0 fully saturated rings. The molecule has 0 aliphatic heterocycles. The number of rotatable bonds is 9. The van der Waals surface area contributed by atoms with Crippen molar-refractivity contribution >= 4 is 21.7 Å². The predicted molar refractivity (Wildman–Crippen MR) is 111 cm³/mol. The second-order valence-corrected chi connectivity index (χ2v) is 8.98. The number of nitrogens with one attached hydrogen (secondary N) is 1. The molecule has 28 heavy (non-hydrogen) atoms. The van der Waals surface area contributed by atoms with Crippen LogP contribution in [0.1, 0.15) is 62.6 Å². The van der Waals surface area contributed by atoms with Crippen LogP contribution in [0.25, 0.3) is 0 Å². The van der Waals surface area contributed by atoms with Crippen LogP contribution in [0.4, 0.5) is 5.82 Å². The van der Waals surface area contributed by atoms with E-state index >= 15 is 0 Å². The molecule has 1 aromatic carbocycles. The second-order valence-electron chi connectivity index (χ2n) is 7.04. The highest BCUT2D eigenvalue weighted by molar-refractivity contribution is 7.89. The molecular formula is C20H30N4O3S. The Labute approximate surface area is 167 Å². The average Bonchev–Trinajstić information content (AvgIpc) is 3.02. The standard InChI is InChI=1S/C20H30N4O3S/c1-6-8-13-23(7-2)28(26,27)18-11-9-17(10-12-18)20(25)21-19-14-16(5)22-24(19)15(3)4/h9-12,14-15H,6-8,13H2,1-5H3,(H,21,25). The van der Waals surface area contributed by atoms with E-state index < -0.39 is 10.0 Å². The van der Waals surface area contributed by atoms with Gasteiger partial charge in [-0.3, -0.25) is 4.79 Å². The quantitative estimate of drug-likeness (QED) is 0.686. The Morgan fingerprint density at radius 1 is 1.21 bits per heavy atom. The van der Waals surface area contributed by atoms with E-state index in [0.717, 1.165) is 18.5 Å². The Morgan fingerprint density at radius 3 is 2.39 bits per heavy atom. The summed E-state index contributed by atoms with van der Waals surface area (Å²) < 4.78 is 28.8. The van der Waals surface area contributed by atoms with Gasteiger partial charge in [-0.15, -0.1) is 0 Å². The summed E-state index contributed by atoms with van der Waals surface area (Å²) in [6, 6.07) is 7.98. The summed E-state index contributed by atoms with van der Waals surface area (Å²) in [6.45, 7) is 10.6. The van der Waals surface area contributed by atoms with E-state index in [1.165, 1.54) is 16.4 Å². The van der Waals surface area contributed by atoms with Crippen molar-refractivity contribution in [2.45, 2.75) is 58.4 Å². The fraction of sp³-hybridized carbons (Fsp3) is 0.500. The molecule has 8 heteroatoms. The summed E-state index contributed by atoms with van der Waals surface area (Å²) in [5, 5.41) is 7.22. The van der Waals surface area contributed by atoms with Crippen LogP contribution in [0.5, 0.6) is 0 Å². The van der Waals surface area contributed by atoms with E-state index in [2.05, 4.69) is 10.4 Å². The smallest absolute Gasteiger partial charge is 0.256 e. The van der Waals surface area contributed by atoms with E-state index in [-0.39, 0.29) is 16.8 Å². The number of benzene rings is 1. The molecular weight excluding hydrogens is 376 g/mol. The SMILES string of the molecule is CCCCN(CC)S(=O)(=O)c1ccc(C(=O)Nc2cc(C)nn2C(C)C)cc1. The number of aromatic nitrogens is 2. The van der Waals surface area contributed by atoms with Crippen LogP contribution in [0.2, 0.25) is 0 Å². The van der Waals surface area contributed by atoms with E-state index in [1.807, 2.05) is 40.7 Å². The van der Waals surface area contributed by atoms with Crippen LogP contribution >= 0.6 is 0 Å². The first-order valence-electron chi connectivity index (χ1n) is 9.68. The Hall–Kier alpha value is -2.19. The maximum Gasteiger partial charge on any atom is 0.256 e. The van der Waals surface area contributed by atoms with Crippen molar-refractivity contribution in [3.63, 3.8) is 0 Å². The Bertz CT molecular complexity index is 902. The minimum absolute atomic E-state index is 0.111. The van der Waals surface area contributed by atoms with Gasteiger partial charge in [-0.25, -0.2) is 13.1 Å². The van der Waals surface area contributed by atoms with Crippen molar-refractivity contribution in [1.29, 1.82) is 0 Å². The number of anilines is 1. The second kappa shape index (κ2) is 9.34. The number of sulfonamides is 1. The lowest BCUT2D eigenvalue weighted by Crippen LogP contribution is -2.31. The van der Waals surface area contributed by atoms with Crippen molar-refractivity contribution in [2.24, 2.45) is 0 Å². The summed E-state index contributed by atoms with van der Waals surface area (Å²) in [6.07, 6.45) is 1.74. The number of amides is 1. The zero-order valence-electron chi connectivity index (χ0n) is 17.3. The van der Waals surface area contributed by atoms with Gasteiger partial charge in [-0.2, -0.15) is 9.40 Å². The molecule has 1 N–H and O–H groups in total. The van der Waals surface area contributed by atoms with Gasteiger partial charge in [0.15, 0.2) is 0 Å². The summed E-state index contributed by atoms with van der Waals surface area (Å²) in [5.74, 6) is 0.315.